The van der Waals surface area contributed by atoms with Crippen molar-refractivity contribution >= 4 is 24.0 Å². The molecule has 0 saturated carbocycles. The van der Waals surface area contributed by atoms with Gasteiger partial charge in [-0.3, -0.25) is 20.1 Å². The fourth-order valence-electron chi connectivity index (χ4n) is 4.14. The molecule has 236 valence electrons. The first-order valence-electron chi connectivity index (χ1n) is 14.1. The Balaban J connectivity index is 1.82. The predicted molar refractivity (Wildman–Crippen MR) is 159 cm³/mol. The third kappa shape index (κ3) is 13.1. The minimum absolute atomic E-state index is 0.205. The first-order chi connectivity index (χ1) is 20.3. The van der Waals surface area contributed by atoms with Gasteiger partial charge in [0.25, 0.3) is 5.91 Å². The highest BCUT2D eigenvalue weighted by molar-refractivity contribution is 5.85. The lowest BCUT2D eigenvalue weighted by atomic mass is 10.0. The van der Waals surface area contributed by atoms with Crippen LogP contribution < -0.4 is 26.7 Å². The molecule has 4 amide bonds. The molecule has 2 aromatic rings. The van der Waals surface area contributed by atoms with Gasteiger partial charge in [-0.2, -0.15) is 0 Å². The van der Waals surface area contributed by atoms with E-state index in [2.05, 4.69) is 21.3 Å². The highest BCUT2D eigenvalue weighted by atomic mass is 16.6. The van der Waals surface area contributed by atoms with Crippen LogP contribution in [0.1, 0.15) is 51.7 Å². The largest absolute Gasteiger partial charge is 0.465 e. The van der Waals surface area contributed by atoms with Gasteiger partial charge in [0, 0.05) is 19.6 Å². The van der Waals surface area contributed by atoms with Crippen LogP contribution in [0, 0.1) is 0 Å². The van der Waals surface area contributed by atoms with E-state index in [1.165, 1.54) is 6.92 Å². The van der Waals surface area contributed by atoms with E-state index in [0.29, 0.717) is 25.9 Å². The van der Waals surface area contributed by atoms with E-state index >= 15 is 0 Å². The Morgan fingerprint density at radius 2 is 1.44 bits per heavy atom. The van der Waals surface area contributed by atoms with E-state index < -0.39 is 47.8 Å². The molecule has 0 spiro atoms. The number of carboxylic acid groups (broad SMARTS) is 1. The number of amides is 4. The van der Waals surface area contributed by atoms with E-state index in [9.17, 15) is 24.3 Å². The van der Waals surface area contributed by atoms with Crippen LogP contribution in [0.15, 0.2) is 48.5 Å². The molecule has 8 N–H and O–H groups in total. The molecule has 13 heteroatoms. The zero-order valence-electron chi connectivity index (χ0n) is 25.0. The molecule has 0 aliphatic carbocycles. The molecule has 0 aliphatic heterocycles. The van der Waals surface area contributed by atoms with Gasteiger partial charge in [0.1, 0.15) is 17.7 Å². The maximum atomic E-state index is 12.6. The summed E-state index contributed by atoms with van der Waals surface area (Å²) in [5, 5.41) is 38.2. The molecule has 0 saturated heterocycles. The lowest BCUT2D eigenvalue weighted by Gasteiger charge is -2.20. The van der Waals surface area contributed by atoms with Crippen molar-refractivity contribution in [1.82, 2.24) is 26.7 Å². The molecular formula is C30H43N5O8. The summed E-state index contributed by atoms with van der Waals surface area (Å²) in [4.78, 5) is 47.2. The van der Waals surface area contributed by atoms with E-state index in [4.69, 9.17) is 15.1 Å². The highest BCUT2D eigenvalue weighted by Crippen LogP contribution is 2.21. The second kappa shape index (κ2) is 17.0. The Labute approximate surface area is 251 Å². The molecule has 0 radical (unpaired) electrons. The second-order valence-corrected chi connectivity index (χ2v) is 11.1. The Kier molecular flexibility index (Phi) is 13.9. The number of rotatable bonds is 15. The molecular weight excluding hydrogens is 558 g/mol. The number of nitrogens with one attached hydrogen (secondary N) is 5. The van der Waals surface area contributed by atoms with Gasteiger partial charge in [-0.25, -0.2) is 15.1 Å². The van der Waals surface area contributed by atoms with Crippen LogP contribution in [0.25, 0.3) is 11.1 Å². The van der Waals surface area contributed by atoms with Crippen molar-refractivity contribution < 1.29 is 39.3 Å². The smallest absolute Gasteiger partial charge is 0.407 e. The Hall–Kier alpha value is -4.20. The van der Waals surface area contributed by atoms with Gasteiger partial charge in [-0.15, -0.1) is 0 Å². The summed E-state index contributed by atoms with van der Waals surface area (Å²) in [6.45, 7) is 7.57. The van der Waals surface area contributed by atoms with Crippen molar-refractivity contribution in [2.45, 2.75) is 77.3 Å². The first kappa shape index (κ1) is 35.0. The number of hydrogen-bond acceptors (Lipinski definition) is 8. The quantitative estimate of drug-likeness (QED) is 0.0857. The normalized spacial score (nSPS) is 13.3. The van der Waals surface area contributed by atoms with Crippen molar-refractivity contribution in [3.05, 3.63) is 59.7 Å². The molecule has 13 nitrogen and oxygen atoms in total. The number of benzene rings is 2. The van der Waals surface area contributed by atoms with Crippen LogP contribution in [0.3, 0.4) is 0 Å². The number of hydrogen-bond donors (Lipinski definition) is 8. The summed E-state index contributed by atoms with van der Waals surface area (Å²) in [6.07, 6.45) is -1.74. The lowest BCUT2D eigenvalue weighted by Crippen LogP contribution is -2.49. The molecule has 0 heterocycles. The van der Waals surface area contributed by atoms with Crippen molar-refractivity contribution in [1.29, 1.82) is 0 Å². The number of aliphatic hydroxyl groups is 1. The minimum Gasteiger partial charge on any atom is -0.465 e. The topological polar surface area (TPSA) is 198 Å². The number of aliphatic hydroxyl groups excluding tert-OH is 1. The third-order valence-corrected chi connectivity index (χ3v) is 6.31. The zero-order valence-corrected chi connectivity index (χ0v) is 25.0. The van der Waals surface area contributed by atoms with Gasteiger partial charge in [0.05, 0.1) is 6.10 Å². The second-order valence-electron chi connectivity index (χ2n) is 11.1. The van der Waals surface area contributed by atoms with E-state index in [-0.39, 0.29) is 13.0 Å². The van der Waals surface area contributed by atoms with E-state index in [1.54, 1.807) is 26.3 Å². The van der Waals surface area contributed by atoms with Gasteiger partial charge in [-0.05, 0) is 69.2 Å². The summed E-state index contributed by atoms with van der Waals surface area (Å²) >= 11 is 0. The number of alkyl carbamates (subject to hydrolysis) is 1. The molecule has 0 aliphatic rings. The van der Waals surface area contributed by atoms with Crippen molar-refractivity contribution in [3.63, 3.8) is 0 Å². The molecule has 3 atom stereocenters. The van der Waals surface area contributed by atoms with Gasteiger partial charge < -0.3 is 30.9 Å². The van der Waals surface area contributed by atoms with Crippen molar-refractivity contribution in [2.75, 3.05) is 13.1 Å². The maximum Gasteiger partial charge on any atom is 0.407 e. The van der Waals surface area contributed by atoms with Gasteiger partial charge >= 0.3 is 12.2 Å². The SMILES string of the molecule is C[C@@H](O)[C@H](NCc1ccc(-c2ccc(CCNC(=O)[C@H](CCCNC(=O)OC(C)(C)C)NC(=O)O)cc2)cc1)C(=O)NO. The fraction of sp³-hybridized carbons (Fsp3) is 0.467. The first-order valence-corrected chi connectivity index (χ1v) is 14.1. The standard InChI is InChI=1S/C30H43N5O8/c1-19(36)25(27(38)35-42)33-18-21-9-13-23(14-10-21)22-11-7-20(8-12-22)15-17-31-26(37)24(34-28(39)40)6-5-16-32-29(41)43-30(2,3)4/h7-14,19,24-25,33-34,36,42H,5-6,15-18H2,1-4H3,(H,31,37)(H,32,41)(H,35,38)(H,39,40)/t19-,24+,25+/m1/s1. The van der Waals surface area contributed by atoms with Crippen LogP contribution in [-0.4, -0.2) is 76.3 Å². The van der Waals surface area contributed by atoms with Crippen molar-refractivity contribution in [3.8, 4) is 11.1 Å². The summed E-state index contributed by atoms with van der Waals surface area (Å²) in [5.74, 6) is -1.16. The fourth-order valence-corrected chi connectivity index (χ4v) is 4.14. The van der Waals surface area contributed by atoms with Crippen LogP contribution >= 0.6 is 0 Å². The number of carbonyl (C=O) groups is 4. The molecule has 0 unspecified atom stereocenters. The molecule has 43 heavy (non-hydrogen) atoms. The zero-order chi connectivity index (χ0) is 32.0. The molecule has 0 fully saturated rings. The summed E-state index contributed by atoms with van der Waals surface area (Å²) in [7, 11) is 0. The maximum absolute atomic E-state index is 12.6. The lowest BCUT2D eigenvalue weighted by molar-refractivity contribution is -0.134. The number of carbonyl (C=O) groups excluding carboxylic acids is 3. The minimum atomic E-state index is -1.31. The van der Waals surface area contributed by atoms with Crippen LogP contribution in [0.2, 0.25) is 0 Å². The molecule has 0 bridgehead atoms. The molecule has 2 aromatic carbocycles. The predicted octanol–water partition coefficient (Wildman–Crippen LogP) is 2.30. The molecule has 0 aromatic heterocycles. The number of ether oxygens (including phenoxy) is 1. The summed E-state index contributed by atoms with van der Waals surface area (Å²) < 4.78 is 5.16. The molecule has 2 rings (SSSR count). The Bertz CT molecular complexity index is 1200. The van der Waals surface area contributed by atoms with E-state index in [1.807, 2.05) is 48.5 Å². The average molecular weight is 602 g/mol. The third-order valence-electron chi connectivity index (χ3n) is 6.31. The highest BCUT2D eigenvalue weighted by Gasteiger charge is 2.23. The van der Waals surface area contributed by atoms with Gasteiger partial charge in [0.2, 0.25) is 5.91 Å². The summed E-state index contributed by atoms with van der Waals surface area (Å²) in [6, 6.07) is 13.6. The Morgan fingerprint density at radius 1 is 0.860 bits per heavy atom. The van der Waals surface area contributed by atoms with Crippen LogP contribution in [0.4, 0.5) is 9.59 Å². The van der Waals surface area contributed by atoms with Gasteiger partial charge in [0.15, 0.2) is 0 Å². The van der Waals surface area contributed by atoms with E-state index in [0.717, 1.165) is 22.3 Å². The van der Waals surface area contributed by atoms with Crippen LogP contribution in [0.5, 0.6) is 0 Å². The van der Waals surface area contributed by atoms with Gasteiger partial charge in [-0.1, -0.05) is 48.5 Å². The number of hydroxylamine groups is 1. The monoisotopic (exact) mass is 601 g/mol. The average Bonchev–Trinajstić information content (AvgIpc) is 2.94. The summed E-state index contributed by atoms with van der Waals surface area (Å²) in [5.41, 5.74) is 4.76. The van der Waals surface area contributed by atoms with Crippen LogP contribution in [-0.2, 0) is 27.3 Å². The van der Waals surface area contributed by atoms with Crippen molar-refractivity contribution in [2.24, 2.45) is 0 Å². The Morgan fingerprint density at radius 3 is 1.95 bits per heavy atom.